The Bertz CT molecular complexity index is 1030. The lowest BCUT2D eigenvalue weighted by Gasteiger charge is -2.26. The predicted octanol–water partition coefficient (Wildman–Crippen LogP) is 17.3. The Balaban J connectivity index is 3.93. The fourth-order valence-electron chi connectivity index (χ4n) is 9.05. The second kappa shape index (κ2) is 48.5. The monoisotopic (exact) mass is 944 g/mol. The summed E-state index contributed by atoms with van der Waals surface area (Å²) in [6.07, 6.45) is 57.5. The molecule has 0 fully saturated rings. The smallest absolute Gasteiger partial charge is 0.391 e. The number of aliphatic hydroxyl groups excluding tert-OH is 1. The topological polar surface area (TPSA) is 105 Å². The standard InChI is InChI=1S/C56H115N2O6P/c1-6-8-10-12-14-16-18-20-21-22-23-24-25-26-27-28-29-30-31-32-33-34-35-36-37-38-40-42-44-46-48-50-56(60)57-54(53-64-65(61,62)63-52-51-58(3,4)5)55(59)49-47-45-43-41-39-19-17-15-13-11-9-7-2/h54-55,59H,6-53H2,1-5H3,(H-,57,60,61,62)/p+1. The van der Waals surface area contributed by atoms with Crippen molar-refractivity contribution in [1.29, 1.82) is 0 Å². The van der Waals surface area contributed by atoms with Gasteiger partial charge >= 0.3 is 7.82 Å². The Kier molecular flexibility index (Phi) is 48.1. The van der Waals surface area contributed by atoms with Crippen molar-refractivity contribution in [2.24, 2.45) is 0 Å². The van der Waals surface area contributed by atoms with E-state index in [1.807, 2.05) is 21.1 Å². The normalized spacial score (nSPS) is 13.9. The number of phosphoric acid groups is 1. The molecule has 0 aromatic rings. The molecule has 0 spiro atoms. The van der Waals surface area contributed by atoms with Gasteiger partial charge in [0.2, 0.25) is 5.91 Å². The molecule has 8 nitrogen and oxygen atoms in total. The maximum absolute atomic E-state index is 13.0. The van der Waals surface area contributed by atoms with Gasteiger partial charge in [-0.25, -0.2) is 4.57 Å². The second-order valence-electron chi connectivity index (χ2n) is 21.4. The Hall–Kier alpha value is -0.500. The number of carbonyl (C=O) groups is 1. The molecule has 65 heavy (non-hydrogen) atoms. The van der Waals surface area contributed by atoms with Gasteiger partial charge in [0.05, 0.1) is 39.9 Å². The number of quaternary nitrogens is 1. The van der Waals surface area contributed by atoms with Crippen molar-refractivity contribution in [2.45, 2.75) is 315 Å². The van der Waals surface area contributed by atoms with Crippen LogP contribution in [0, 0.1) is 0 Å². The van der Waals surface area contributed by atoms with Crippen LogP contribution in [0.4, 0.5) is 0 Å². The average Bonchev–Trinajstić information content (AvgIpc) is 3.26. The number of aliphatic hydroxyl groups is 1. The molecule has 0 aliphatic carbocycles. The number of phosphoric ester groups is 1. The number of likely N-dealkylation sites (N-methyl/N-ethyl adjacent to an activating group) is 1. The lowest BCUT2D eigenvalue weighted by atomic mass is 10.0. The summed E-state index contributed by atoms with van der Waals surface area (Å²) in [5, 5.41) is 14.0. The van der Waals surface area contributed by atoms with Gasteiger partial charge in [0.1, 0.15) is 13.2 Å². The van der Waals surface area contributed by atoms with Crippen LogP contribution >= 0.6 is 7.82 Å². The Morgan fingerprint density at radius 3 is 1.03 bits per heavy atom. The molecule has 0 aliphatic rings. The molecule has 0 radical (unpaired) electrons. The third-order valence-corrected chi connectivity index (χ3v) is 14.6. The fourth-order valence-corrected chi connectivity index (χ4v) is 9.79. The molecule has 0 heterocycles. The van der Waals surface area contributed by atoms with E-state index >= 15 is 0 Å². The van der Waals surface area contributed by atoms with Gasteiger partial charge in [-0.3, -0.25) is 13.8 Å². The van der Waals surface area contributed by atoms with Crippen molar-refractivity contribution in [3.8, 4) is 0 Å². The number of carbonyl (C=O) groups excluding carboxylic acids is 1. The zero-order valence-corrected chi connectivity index (χ0v) is 45.4. The van der Waals surface area contributed by atoms with Crippen LogP contribution in [0.3, 0.4) is 0 Å². The number of nitrogens with zero attached hydrogens (tertiary/aromatic N) is 1. The number of amides is 1. The van der Waals surface area contributed by atoms with Gasteiger partial charge in [-0.15, -0.1) is 0 Å². The van der Waals surface area contributed by atoms with Crippen LogP contribution in [0.15, 0.2) is 0 Å². The molecular formula is C56H116N2O6P+. The van der Waals surface area contributed by atoms with Crippen molar-refractivity contribution in [2.75, 3.05) is 40.9 Å². The van der Waals surface area contributed by atoms with Gasteiger partial charge in [0, 0.05) is 6.42 Å². The van der Waals surface area contributed by atoms with Crippen molar-refractivity contribution in [1.82, 2.24) is 5.32 Å². The van der Waals surface area contributed by atoms with E-state index in [1.165, 1.54) is 238 Å². The molecular weight excluding hydrogens is 828 g/mol. The molecule has 0 aromatic heterocycles. The molecule has 0 bridgehead atoms. The Morgan fingerprint density at radius 1 is 0.462 bits per heavy atom. The predicted molar refractivity (Wildman–Crippen MR) is 282 cm³/mol. The minimum Gasteiger partial charge on any atom is -0.391 e. The zero-order valence-electron chi connectivity index (χ0n) is 44.5. The molecule has 0 saturated heterocycles. The summed E-state index contributed by atoms with van der Waals surface area (Å²) in [6.45, 7) is 4.93. The summed E-state index contributed by atoms with van der Waals surface area (Å²) in [4.78, 5) is 23.3. The SMILES string of the molecule is CCCCCCCCCCCCCCCCCCCCCCCCCCCCCCCCCC(=O)NC(COP(=O)(O)OCC[N+](C)(C)C)C(O)CCCCCCCCCCCCCC. The first-order valence-electron chi connectivity index (χ1n) is 28.9. The van der Waals surface area contributed by atoms with Crippen molar-refractivity contribution < 1.29 is 32.9 Å². The van der Waals surface area contributed by atoms with Crippen molar-refractivity contribution in [3.63, 3.8) is 0 Å². The molecule has 1 amide bonds. The highest BCUT2D eigenvalue weighted by molar-refractivity contribution is 7.47. The van der Waals surface area contributed by atoms with Gasteiger partial charge in [0.15, 0.2) is 0 Å². The number of unbranched alkanes of at least 4 members (excludes halogenated alkanes) is 41. The van der Waals surface area contributed by atoms with Crippen molar-refractivity contribution >= 4 is 13.7 Å². The van der Waals surface area contributed by atoms with E-state index < -0.39 is 20.0 Å². The van der Waals surface area contributed by atoms with Crippen LogP contribution in [0.25, 0.3) is 0 Å². The van der Waals surface area contributed by atoms with E-state index in [-0.39, 0.29) is 19.1 Å². The van der Waals surface area contributed by atoms with Crippen LogP contribution in [0.5, 0.6) is 0 Å². The maximum atomic E-state index is 13.0. The van der Waals surface area contributed by atoms with Gasteiger partial charge < -0.3 is 19.8 Å². The lowest BCUT2D eigenvalue weighted by Crippen LogP contribution is -2.46. The largest absolute Gasteiger partial charge is 0.472 e. The third-order valence-electron chi connectivity index (χ3n) is 13.6. The Labute approximate surface area is 406 Å². The summed E-state index contributed by atoms with van der Waals surface area (Å²) >= 11 is 0. The molecule has 0 aliphatic heterocycles. The second-order valence-corrected chi connectivity index (χ2v) is 22.8. The van der Waals surface area contributed by atoms with Crippen LogP contribution in [0.2, 0.25) is 0 Å². The maximum Gasteiger partial charge on any atom is 0.472 e. The van der Waals surface area contributed by atoms with E-state index in [9.17, 15) is 19.4 Å². The molecule has 390 valence electrons. The van der Waals surface area contributed by atoms with Gasteiger partial charge in [-0.05, 0) is 12.8 Å². The number of nitrogens with one attached hydrogen (secondary N) is 1. The van der Waals surface area contributed by atoms with Crippen molar-refractivity contribution in [3.05, 3.63) is 0 Å². The first kappa shape index (κ1) is 64.5. The van der Waals surface area contributed by atoms with Gasteiger partial charge in [-0.2, -0.15) is 0 Å². The summed E-state index contributed by atoms with van der Waals surface area (Å²) in [7, 11) is 1.63. The quantitative estimate of drug-likeness (QED) is 0.0319. The molecule has 3 atom stereocenters. The highest BCUT2D eigenvalue weighted by Crippen LogP contribution is 2.43. The summed E-state index contributed by atoms with van der Waals surface area (Å²) < 4.78 is 23.7. The van der Waals surface area contributed by atoms with E-state index in [0.717, 1.165) is 38.5 Å². The molecule has 0 aromatic carbocycles. The zero-order chi connectivity index (χ0) is 47.8. The number of hydrogen-bond acceptors (Lipinski definition) is 5. The Morgan fingerprint density at radius 2 is 0.738 bits per heavy atom. The van der Waals surface area contributed by atoms with E-state index in [4.69, 9.17) is 9.05 Å². The minimum absolute atomic E-state index is 0.0788. The third kappa shape index (κ3) is 51.2. The highest BCUT2D eigenvalue weighted by Gasteiger charge is 2.28. The summed E-state index contributed by atoms with van der Waals surface area (Å²) in [6, 6.07) is -0.754. The highest BCUT2D eigenvalue weighted by atomic mass is 31.2. The fraction of sp³-hybridized carbons (Fsp3) is 0.982. The van der Waals surface area contributed by atoms with Crippen LogP contribution in [-0.4, -0.2) is 73.4 Å². The first-order chi connectivity index (χ1) is 31.5. The van der Waals surface area contributed by atoms with Gasteiger partial charge in [0.25, 0.3) is 0 Å². The average molecular weight is 945 g/mol. The molecule has 9 heteroatoms. The summed E-state index contributed by atoms with van der Waals surface area (Å²) in [5.41, 5.74) is 0. The van der Waals surface area contributed by atoms with E-state index in [0.29, 0.717) is 23.9 Å². The number of rotatable bonds is 54. The minimum atomic E-state index is -4.31. The summed E-state index contributed by atoms with van der Waals surface area (Å²) in [5.74, 6) is -0.138. The van der Waals surface area contributed by atoms with E-state index in [1.54, 1.807) is 0 Å². The molecule has 0 rings (SSSR count). The molecule has 3 N–H and O–H groups in total. The van der Waals surface area contributed by atoms with E-state index in [2.05, 4.69) is 19.2 Å². The van der Waals surface area contributed by atoms with Crippen LogP contribution < -0.4 is 5.32 Å². The van der Waals surface area contributed by atoms with Gasteiger partial charge in [-0.1, -0.05) is 284 Å². The molecule has 0 saturated carbocycles. The first-order valence-corrected chi connectivity index (χ1v) is 30.4. The molecule has 3 unspecified atom stereocenters. The lowest BCUT2D eigenvalue weighted by molar-refractivity contribution is -0.870. The van der Waals surface area contributed by atoms with Crippen LogP contribution in [-0.2, 0) is 18.4 Å². The number of hydrogen-bond donors (Lipinski definition) is 3. The van der Waals surface area contributed by atoms with Crippen LogP contribution in [0.1, 0.15) is 303 Å².